The van der Waals surface area contributed by atoms with Crippen molar-refractivity contribution in [2.75, 3.05) is 4.72 Å². The Labute approximate surface area is 171 Å². The number of fused-ring (bicyclic) bond motifs is 2. The zero-order valence-electron chi connectivity index (χ0n) is 14.9. The number of sulfonamides is 1. The number of rotatable bonds is 5. The van der Waals surface area contributed by atoms with Crippen LogP contribution in [0.25, 0.3) is 16.6 Å². The molecule has 0 amide bonds. The van der Waals surface area contributed by atoms with Crippen molar-refractivity contribution in [2.24, 2.45) is 0 Å². The second-order valence-corrected chi connectivity index (χ2v) is 8.69. The molecule has 1 N–H and O–H groups in total. The quantitative estimate of drug-likeness (QED) is 0.438. The highest BCUT2D eigenvalue weighted by atomic mass is 32.2. The predicted molar refractivity (Wildman–Crippen MR) is 105 cm³/mol. The zero-order valence-corrected chi connectivity index (χ0v) is 16.5. The van der Waals surface area contributed by atoms with E-state index >= 15 is 0 Å². The first-order chi connectivity index (χ1) is 14.4. The molecule has 1 aromatic carbocycles. The van der Waals surface area contributed by atoms with Gasteiger partial charge in [-0.2, -0.15) is 4.37 Å². The van der Waals surface area contributed by atoms with Crippen LogP contribution in [-0.4, -0.2) is 31.7 Å². The summed E-state index contributed by atoms with van der Waals surface area (Å²) in [6.45, 7) is 0.0775. The molecule has 0 fully saturated rings. The third-order valence-corrected chi connectivity index (χ3v) is 6.51. The van der Waals surface area contributed by atoms with E-state index in [4.69, 9.17) is 4.42 Å². The predicted octanol–water partition coefficient (Wildman–Crippen LogP) is 2.08. The summed E-state index contributed by atoms with van der Waals surface area (Å²) in [7, 11) is -4.29. The first-order valence-corrected chi connectivity index (χ1v) is 10.7. The van der Waals surface area contributed by atoms with Gasteiger partial charge in [0.15, 0.2) is 5.58 Å². The number of aromatic nitrogens is 5. The summed E-state index contributed by atoms with van der Waals surface area (Å²) in [6, 6.07) is 7.40. The molecule has 152 valence electrons. The Morgan fingerprint density at radius 1 is 1.27 bits per heavy atom. The number of nitrogens with one attached hydrogen (secondary N) is 1. The van der Waals surface area contributed by atoms with Crippen LogP contribution in [0, 0.1) is 5.82 Å². The van der Waals surface area contributed by atoms with Crippen molar-refractivity contribution in [3.63, 3.8) is 0 Å². The van der Waals surface area contributed by atoms with Crippen molar-refractivity contribution >= 4 is 43.3 Å². The number of halogens is 1. The van der Waals surface area contributed by atoms with Crippen LogP contribution in [0.2, 0.25) is 0 Å². The van der Waals surface area contributed by atoms with E-state index in [-0.39, 0.29) is 22.8 Å². The molecule has 0 aliphatic heterocycles. The number of oxazole rings is 1. The van der Waals surface area contributed by atoms with Crippen LogP contribution in [0.4, 0.5) is 9.52 Å². The van der Waals surface area contributed by atoms with Crippen molar-refractivity contribution in [3.05, 3.63) is 71.2 Å². The van der Waals surface area contributed by atoms with Crippen molar-refractivity contribution in [1.82, 2.24) is 23.3 Å². The lowest BCUT2D eigenvalue weighted by atomic mass is 10.3. The molecule has 0 saturated carbocycles. The smallest absolute Gasteiger partial charge is 0.408 e. The number of benzene rings is 1. The van der Waals surface area contributed by atoms with Gasteiger partial charge in [-0.15, -0.1) is 0 Å². The minimum atomic E-state index is -4.29. The Bertz CT molecular complexity index is 1550. The Morgan fingerprint density at radius 3 is 2.93 bits per heavy atom. The van der Waals surface area contributed by atoms with Gasteiger partial charge in [0.25, 0.3) is 10.0 Å². The molecule has 0 aliphatic carbocycles. The maximum atomic E-state index is 14.8. The average molecular weight is 446 g/mol. The van der Waals surface area contributed by atoms with E-state index < -0.39 is 26.5 Å². The SMILES string of the molecule is O=c1oc2cc(S(=O)(=O)Nc3ncns3)c(F)cc2n1Cc1cccc2cncn12. The Hall–Kier alpha value is -3.58. The minimum Gasteiger partial charge on any atom is -0.408 e. The molecule has 0 atom stereocenters. The second-order valence-electron chi connectivity index (χ2n) is 6.26. The van der Waals surface area contributed by atoms with Crippen LogP contribution in [0.1, 0.15) is 5.69 Å². The van der Waals surface area contributed by atoms with Crippen LogP contribution in [0.15, 0.2) is 63.3 Å². The standard InChI is InChI=1S/C17H11FN6O4S2/c18-12-4-13-14(5-15(12)30(26,27)22-16-20-8-21-29-16)28-17(25)23(13)7-11-3-1-2-10-6-19-9-24(10)11/h1-6,8-9H,7H2,(H,20,21,22). The first kappa shape index (κ1) is 18.4. The van der Waals surface area contributed by atoms with Crippen LogP contribution in [0.3, 0.4) is 0 Å². The fourth-order valence-corrected chi connectivity index (χ4v) is 4.84. The Kier molecular flexibility index (Phi) is 4.15. The van der Waals surface area contributed by atoms with Crippen LogP contribution in [-0.2, 0) is 16.6 Å². The third kappa shape index (κ3) is 3.04. The molecule has 0 saturated heterocycles. The molecule has 5 aromatic rings. The highest BCUT2D eigenvalue weighted by Gasteiger charge is 2.24. The highest BCUT2D eigenvalue weighted by molar-refractivity contribution is 7.93. The molecule has 0 radical (unpaired) electrons. The molecule has 30 heavy (non-hydrogen) atoms. The number of anilines is 1. The van der Waals surface area contributed by atoms with Crippen molar-refractivity contribution < 1.29 is 17.2 Å². The fourth-order valence-electron chi connectivity index (χ4n) is 3.11. The van der Waals surface area contributed by atoms with E-state index in [0.29, 0.717) is 5.69 Å². The van der Waals surface area contributed by atoms with Crippen LogP contribution in [0.5, 0.6) is 0 Å². The summed E-state index contributed by atoms with van der Waals surface area (Å²) in [4.78, 5) is 19.5. The largest absolute Gasteiger partial charge is 0.420 e. The third-order valence-electron chi connectivity index (χ3n) is 4.45. The molecule has 4 aromatic heterocycles. The molecule has 10 nitrogen and oxygen atoms in total. The molecule has 4 heterocycles. The normalized spacial score (nSPS) is 12.0. The highest BCUT2D eigenvalue weighted by Crippen LogP contribution is 2.25. The summed E-state index contributed by atoms with van der Waals surface area (Å²) < 4.78 is 53.8. The maximum Gasteiger partial charge on any atom is 0.420 e. The molecular formula is C17H11FN6O4S2. The average Bonchev–Trinajstić information content (AvgIpc) is 3.43. The molecule has 0 aliphatic rings. The van der Waals surface area contributed by atoms with E-state index in [1.165, 1.54) is 10.9 Å². The lowest BCUT2D eigenvalue weighted by Gasteiger charge is -2.08. The van der Waals surface area contributed by atoms with Gasteiger partial charge in [0.1, 0.15) is 17.0 Å². The van der Waals surface area contributed by atoms with E-state index in [1.54, 1.807) is 23.0 Å². The number of pyridine rings is 1. The van der Waals surface area contributed by atoms with Gasteiger partial charge in [0.2, 0.25) is 5.13 Å². The Morgan fingerprint density at radius 2 is 2.13 bits per heavy atom. The monoisotopic (exact) mass is 446 g/mol. The first-order valence-electron chi connectivity index (χ1n) is 8.45. The van der Waals surface area contributed by atoms with E-state index in [2.05, 4.69) is 19.1 Å². The summed E-state index contributed by atoms with van der Waals surface area (Å²) in [5.41, 5.74) is 1.61. The van der Waals surface area contributed by atoms with Crippen LogP contribution < -0.4 is 10.5 Å². The molecule has 0 spiro atoms. The van der Waals surface area contributed by atoms with Gasteiger partial charge < -0.3 is 8.82 Å². The number of imidazole rings is 1. The van der Waals surface area contributed by atoms with E-state index in [9.17, 15) is 17.6 Å². The van der Waals surface area contributed by atoms with Crippen molar-refractivity contribution in [3.8, 4) is 0 Å². The van der Waals surface area contributed by atoms with Gasteiger partial charge in [-0.1, -0.05) is 6.07 Å². The second kappa shape index (κ2) is 6.74. The van der Waals surface area contributed by atoms with Crippen LogP contribution >= 0.6 is 11.5 Å². The zero-order chi connectivity index (χ0) is 20.9. The minimum absolute atomic E-state index is 0.0121. The van der Waals surface area contributed by atoms with Gasteiger partial charge in [-0.25, -0.2) is 27.6 Å². The molecule has 5 rings (SSSR count). The number of hydrogen-bond acceptors (Lipinski definition) is 8. The van der Waals surface area contributed by atoms with Crippen molar-refractivity contribution in [2.45, 2.75) is 11.4 Å². The number of nitrogens with zero attached hydrogens (tertiary/aromatic N) is 5. The lowest BCUT2D eigenvalue weighted by Crippen LogP contribution is -2.17. The van der Waals surface area contributed by atoms with Crippen molar-refractivity contribution in [1.29, 1.82) is 0 Å². The summed E-state index contributed by atoms with van der Waals surface area (Å²) in [6.07, 6.45) is 4.44. The fraction of sp³-hybridized carbons (Fsp3) is 0.0588. The van der Waals surface area contributed by atoms with Gasteiger partial charge in [-0.05, 0) is 12.1 Å². The molecule has 0 unspecified atom stereocenters. The maximum absolute atomic E-state index is 14.8. The summed E-state index contributed by atoms with van der Waals surface area (Å²) in [5.74, 6) is -1.77. The van der Waals surface area contributed by atoms with Gasteiger partial charge >= 0.3 is 5.76 Å². The van der Waals surface area contributed by atoms with Gasteiger partial charge in [-0.3, -0.25) is 9.29 Å². The van der Waals surface area contributed by atoms with E-state index in [0.717, 1.165) is 29.2 Å². The summed E-state index contributed by atoms with van der Waals surface area (Å²) >= 11 is 0.805. The molecule has 0 bridgehead atoms. The molecule has 13 heteroatoms. The Balaban J connectivity index is 1.59. The van der Waals surface area contributed by atoms with Gasteiger partial charge in [0.05, 0.1) is 30.1 Å². The lowest BCUT2D eigenvalue weighted by molar-refractivity contribution is 0.514. The van der Waals surface area contributed by atoms with Gasteiger partial charge in [0, 0.05) is 29.4 Å². The topological polar surface area (TPSA) is 124 Å². The summed E-state index contributed by atoms with van der Waals surface area (Å²) in [5, 5.41) is -0.0121. The number of hydrogen-bond donors (Lipinski definition) is 1. The van der Waals surface area contributed by atoms with E-state index in [1.807, 2.05) is 12.1 Å². The molecular weight excluding hydrogens is 435 g/mol.